The van der Waals surface area contributed by atoms with Crippen molar-refractivity contribution < 1.29 is 26.2 Å². The Morgan fingerprint density at radius 2 is 1.19 bits per heavy atom. The topological polar surface area (TPSA) is 50.9 Å². The van der Waals surface area contributed by atoms with E-state index >= 15 is 0 Å². The monoisotopic (exact) mass is 877 g/mol. The molecule has 2 aromatic heterocycles. The molecule has 53 heavy (non-hydrogen) atoms. The molecule has 5 aromatic carbocycles. The fourth-order valence-corrected chi connectivity index (χ4v) is 7.06. The average Bonchev–Trinajstić information content (AvgIpc) is 3.50. The standard InChI is InChI=1S/C48H48N3O.Pt/c1-46(2,3)35-28-33(27-34(29-35)40-30-32(25-26-49-40)31-17-11-10-12-18-31)36-20-15-23-41-43(36)50-45(37-19-13-14-24-42(37)52)51(41)44-38(47(4,5)6)21-16-22-39(44)48(7,8)9;/h10-26,28-30,52H,1-9H3;/q-1;. The van der Waals surface area contributed by atoms with Crippen LogP contribution in [0.15, 0.2) is 121 Å². The van der Waals surface area contributed by atoms with Crippen LogP contribution in [0.2, 0.25) is 0 Å². The molecule has 0 radical (unpaired) electrons. The van der Waals surface area contributed by atoms with E-state index in [1.54, 1.807) is 6.07 Å². The molecule has 0 saturated heterocycles. The Hall–Kier alpha value is -4.79. The number of fused-ring (bicyclic) bond motifs is 1. The number of para-hydroxylation sites is 3. The van der Waals surface area contributed by atoms with Crippen molar-refractivity contribution in [1.29, 1.82) is 0 Å². The van der Waals surface area contributed by atoms with Crippen LogP contribution in [-0.4, -0.2) is 19.6 Å². The van der Waals surface area contributed by atoms with Crippen LogP contribution in [0.3, 0.4) is 0 Å². The Labute approximate surface area is 329 Å². The van der Waals surface area contributed by atoms with Crippen LogP contribution in [0.1, 0.15) is 79.0 Å². The number of nitrogens with zero attached hydrogens (tertiary/aromatic N) is 3. The molecule has 0 spiro atoms. The van der Waals surface area contributed by atoms with Gasteiger partial charge in [-0.15, -0.1) is 29.3 Å². The van der Waals surface area contributed by atoms with Gasteiger partial charge in [-0.25, -0.2) is 4.98 Å². The van der Waals surface area contributed by atoms with Crippen molar-refractivity contribution in [3.05, 3.63) is 144 Å². The van der Waals surface area contributed by atoms with Crippen LogP contribution < -0.4 is 0 Å². The van der Waals surface area contributed by atoms with Crippen LogP contribution in [0, 0.1) is 6.07 Å². The second kappa shape index (κ2) is 14.2. The molecule has 0 aliphatic heterocycles. The summed E-state index contributed by atoms with van der Waals surface area (Å²) < 4.78 is 2.29. The molecule has 1 N–H and O–H groups in total. The van der Waals surface area contributed by atoms with Gasteiger partial charge >= 0.3 is 0 Å². The van der Waals surface area contributed by atoms with Crippen molar-refractivity contribution in [2.24, 2.45) is 0 Å². The Balaban J connectivity index is 0.00000481. The van der Waals surface area contributed by atoms with E-state index in [9.17, 15) is 5.11 Å². The molecular formula is C48H48N3OPt-. The Morgan fingerprint density at radius 3 is 1.83 bits per heavy atom. The van der Waals surface area contributed by atoms with Gasteiger partial charge in [-0.05, 0) is 62.8 Å². The number of phenolic OH excluding ortho intramolecular Hbond substituents is 1. The summed E-state index contributed by atoms with van der Waals surface area (Å²) in [4.78, 5) is 10.3. The summed E-state index contributed by atoms with van der Waals surface area (Å²) in [5.41, 5.74) is 12.8. The largest absolute Gasteiger partial charge is 0.507 e. The average molecular weight is 878 g/mol. The smallest absolute Gasteiger partial charge is 0.148 e. The molecule has 0 amide bonds. The van der Waals surface area contributed by atoms with Crippen LogP contribution in [0.5, 0.6) is 5.75 Å². The molecule has 272 valence electrons. The third-order valence-electron chi connectivity index (χ3n) is 9.87. The minimum atomic E-state index is -0.161. The van der Waals surface area contributed by atoms with Gasteiger partial charge in [-0.3, -0.25) is 9.55 Å². The zero-order valence-corrected chi connectivity index (χ0v) is 34.4. The summed E-state index contributed by atoms with van der Waals surface area (Å²) in [5, 5.41) is 11.3. The number of imidazole rings is 1. The Kier molecular flexibility index (Phi) is 10.2. The maximum absolute atomic E-state index is 11.3. The minimum Gasteiger partial charge on any atom is -0.507 e. The maximum Gasteiger partial charge on any atom is 0.148 e. The molecule has 0 unspecified atom stereocenters. The van der Waals surface area contributed by atoms with E-state index in [4.69, 9.17) is 9.97 Å². The summed E-state index contributed by atoms with van der Waals surface area (Å²) in [6.07, 6.45) is 1.88. The first-order valence-electron chi connectivity index (χ1n) is 18.2. The summed E-state index contributed by atoms with van der Waals surface area (Å²) in [6, 6.07) is 43.5. The second-order valence-corrected chi connectivity index (χ2v) is 16.9. The third-order valence-corrected chi connectivity index (χ3v) is 9.87. The van der Waals surface area contributed by atoms with Crippen molar-refractivity contribution >= 4 is 11.0 Å². The van der Waals surface area contributed by atoms with Crippen LogP contribution in [-0.2, 0) is 37.3 Å². The van der Waals surface area contributed by atoms with E-state index in [1.165, 1.54) is 16.7 Å². The molecule has 0 saturated carbocycles. The number of aromatic nitrogens is 3. The first-order chi connectivity index (χ1) is 24.6. The summed E-state index contributed by atoms with van der Waals surface area (Å²) >= 11 is 0. The Bertz CT molecular complexity index is 2390. The van der Waals surface area contributed by atoms with Gasteiger partial charge in [0.25, 0.3) is 0 Å². The van der Waals surface area contributed by atoms with Crippen molar-refractivity contribution in [1.82, 2.24) is 14.5 Å². The van der Waals surface area contributed by atoms with Crippen LogP contribution >= 0.6 is 0 Å². The van der Waals surface area contributed by atoms with Gasteiger partial charge in [0.05, 0.1) is 22.3 Å². The normalized spacial score (nSPS) is 12.2. The molecule has 0 fully saturated rings. The molecule has 5 heteroatoms. The van der Waals surface area contributed by atoms with Gasteiger partial charge in [0.1, 0.15) is 11.6 Å². The van der Waals surface area contributed by atoms with Gasteiger partial charge in [0, 0.05) is 33.0 Å². The third kappa shape index (κ3) is 7.40. The van der Waals surface area contributed by atoms with Gasteiger partial charge < -0.3 is 5.11 Å². The van der Waals surface area contributed by atoms with E-state index in [-0.39, 0.29) is 43.1 Å². The minimum absolute atomic E-state index is 0. The molecule has 0 atom stereocenters. The summed E-state index contributed by atoms with van der Waals surface area (Å²) in [5.74, 6) is 0.895. The molecule has 0 bridgehead atoms. The van der Waals surface area contributed by atoms with E-state index in [2.05, 4.69) is 158 Å². The van der Waals surface area contributed by atoms with Crippen molar-refractivity contribution in [3.8, 4) is 56.3 Å². The van der Waals surface area contributed by atoms with E-state index in [0.717, 1.165) is 50.2 Å². The summed E-state index contributed by atoms with van der Waals surface area (Å²) in [6.45, 7) is 20.3. The first kappa shape index (κ1) is 37.9. The summed E-state index contributed by atoms with van der Waals surface area (Å²) in [7, 11) is 0. The van der Waals surface area contributed by atoms with Crippen molar-refractivity contribution in [3.63, 3.8) is 0 Å². The number of phenols is 1. The number of pyridine rings is 1. The molecule has 0 aliphatic carbocycles. The number of hydrogen-bond acceptors (Lipinski definition) is 3. The second-order valence-electron chi connectivity index (χ2n) is 16.9. The van der Waals surface area contributed by atoms with Gasteiger partial charge in [0.15, 0.2) is 0 Å². The number of aromatic hydroxyl groups is 1. The van der Waals surface area contributed by atoms with Gasteiger partial charge in [0.2, 0.25) is 0 Å². The molecule has 4 nitrogen and oxygen atoms in total. The van der Waals surface area contributed by atoms with E-state index in [1.807, 2.05) is 30.5 Å². The van der Waals surface area contributed by atoms with E-state index in [0.29, 0.717) is 11.4 Å². The van der Waals surface area contributed by atoms with Gasteiger partial charge in [-0.2, -0.15) is 0 Å². The predicted octanol–water partition coefficient (Wildman–Crippen LogP) is 12.5. The first-order valence-corrected chi connectivity index (χ1v) is 18.2. The van der Waals surface area contributed by atoms with Gasteiger partial charge in [-0.1, -0.05) is 152 Å². The number of rotatable bonds is 5. The van der Waals surface area contributed by atoms with Crippen molar-refractivity contribution in [2.75, 3.05) is 0 Å². The van der Waals surface area contributed by atoms with Crippen molar-refractivity contribution in [2.45, 2.75) is 78.6 Å². The zero-order valence-electron chi connectivity index (χ0n) is 32.2. The number of benzene rings is 5. The fraction of sp³-hybridized carbons (Fsp3) is 0.250. The van der Waals surface area contributed by atoms with Crippen LogP contribution in [0.4, 0.5) is 0 Å². The predicted molar refractivity (Wildman–Crippen MR) is 217 cm³/mol. The molecular weight excluding hydrogens is 830 g/mol. The molecule has 2 heterocycles. The molecule has 7 aromatic rings. The van der Waals surface area contributed by atoms with Crippen LogP contribution in [0.25, 0.3) is 61.6 Å². The van der Waals surface area contributed by atoms with E-state index < -0.39 is 0 Å². The quantitative estimate of drug-likeness (QED) is 0.175. The zero-order chi connectivity index (χ0) is 37.0. The number of hydrogen-bond donors (Lipinski definition) is 1. The Morgan fingerprint density at radius 1 is 0.585 bits per heavy atom. The SMILES string of the molecule is CC(C)(C)c1cc(-c2cc(-c3ccccc3)ccn2)[c-]c(-c2cccc3c2nc(-c2ccccc2O)n3-c2c(C(C)(C)C)cccc2C(C)(C)C)c1.[Pt]. The molecule has 7 rings (SSSR count). The fourth-order valence-electron chi connectivity index (χ4n) is 7.06. The maximum atomic E-state index is 11.3. The molecule has 0 aliphatic rings.